The molecular weight excluding hydrogens is 399 g/mol. The molecule has 0 aliphatic heterocycles. The summed E-state index contributed by atoms with van der Waals surface area (Å²) < 4.78 is 47.0. The Kier molecular flexibility index (Phi) is 5.24. The summed E-state index contributed by atoms with van der Waals surface area (Å²) in [5.74, 6) is -0.299. The molecule has 1 aromatic heterocycles. The molecule has 0 saturated heterocycles. The number of nitrogens with zero attached hydrogens (tertiary/aromatic N) is 4. The molecule has 27 heavy (non-hydrogen) atoms. The van der Waals surface area contributed by atoms with Crippen molar-refractivity contribution in [2.24, 2.45) is 7.05 Å². The van der Waals surface area contributed by atoms with Crippen molar-refractivity contribution < 1.29 is 22.3 Å². The number of sulfonamides is 1. The number of benzene rings is 1. The van der Waals surface area contributed by atoms with Crippen LogP contribution in [0.1, 0.15) is 40.8 Å². The Morgan fingerprint density at radius 2 is 2.07 bits per heavy atom. The molecule has 0 unspecified atom stereocenters. The predicted molar refractivity (Wildman–Crippen MR) is 94.4 cm³/mol. The normalized spacial score (nSPS) is 14.6. The number of carbonyl (C=O) groups excluding carboxylic acids is 1. The quantitative estimate of drug-likeness (QED) is 0.669. The van der Waals surface area contributed by atoms with Crippen LogP contribution in [0.2, 0.25) is 5.02 Å². The Labute approximate surface area is 160 Å². The third-order valence-electron chi connectivity index (χ3n) is 4.42. The predicted octanol–water partition coefficient (Wildman–Crippen LogP) is 2.09. The minimum Gasteiger partial charge on any atom is -0.465 e. The van der Waals surface area contributed by atoms with E-state index in [-0.39, 0.29) is 11.6 Å². The van der Waals surface area contributed by atoms with Gasteiger partial charge in [0, 0.05) is 20.0 Å². The van der Waals surface area contributed by atoms with Gasteiger partial charge in [-0.15, -0.1) is 10.2 Å². The fourth-order valence-corrected chi connectivity index (χ4v) is 4.29. The molecule has 3 rings (SSSR count). The zero-order valence-corrected chi connectivity index (χ0v) is 16.5. The van der Waals surface area contributed by atoms with Crippen molar-refractivity contribution in [2.45, 2.75) is 30.2 Å². The minimum atomic E-state index is -4.12. The Bertz CT molecular complexity index is 1000. The van der Waals surface area contributed by atoms with Gasteiger partial charge >= 0.3 is 5.97 Å². The largest absolute Gasteiger partial charge is 0.465 e. The number of hydrogen-bond acceptors (Lipinski definition) is 6. The van der Waals surface area contributed by atoms with Crippen molar-refractivity contribution in [3.63, 3.8) is 0 Å². The summed E-state index contributed by atoms with van der Waals surface area (Å²) >= 11 is 5.94. The molecule has 0 radical (unpaired) electrons. The number of esters is 1. The van der Waals surface area contributed by atoms with Gasteiger partial charge in [-0.3, -0.25) is 0 Å². The molecule has 1 aliphatic rings. The van der Waals surface area contributed by atoms with Gasteiger partial charge in [-0.25, -0.2) is 17.6 Å². The van der Waals surface area contributed by atoms with Crippen LogP contribution in [0.25, 0.3) is 0 Å². The van der Waals surface area contributed by atoms with Gasteiger partial charge in [0.1, 0.15) is 22.4 Å². The van der Waals surface area contributed by atoms with Gasteiger partial charge < -0.3 is 9.30 Å². The second-order valence-corrected chi connectivity index (χ2v) is 8.74. The van der Waals surface area contributed by atoms with E-state index in [9.17, 15) is 17.6 Å². The van der Waals surface area contributed by atoms with Gasteiger partial charge in [-0.1, -0.05) is 11.6 Å². The van der Waals surface area contributed by atoms with Gasteiger partial charge in [0.05, 0.1) is 24.2 Å². The highest BCUT2D eigenvalue weighted by atomic mass is 35.5. The number of hydrogen-bond donors (Lipinski definition) is 0. The molecule has 0 N–H and O–H groups in total. The van der Waals surface area contributed by atoms with Crippen LogP contribution in [-0.4, -0.2) is 47.6 Å². The van der Waals surface area contributed by atoms with Crippen LogP contribution in [0, 0.1) is 5.82 Å². The van der Waals surface area contributed by atoms with E-state index >= 15 is 0 Å². The molecule has 1 fully saturated rings. The van der Waals surface area contributed by atoms with Crippen LogP contribution in [-0.2, 0) is 28.4 Å². The Morgan fingerprint density at radius 1 is 1.41 bits per heavy atom. The molecule has 1 saturated carbocycles. The van der Waals surface area contributed by atoms with Crippen molar-refractivity contribution in [3.8, 4) is 0 Å². The lowest BCUT2D eigenvalue weighted by Gasteiger charge is -2.18. The summed E-state index contributed by atoms with van der Waals surface area (Å²) in [7, 11) is 0.0835. The Morgan fingerprint density at radius 3 is 2.67 bits per heavy atom. The maximum absolute atomic E-state index is 13.9. The summed E-state index contributed by atoms with van der Waals surface area (Å²) in [6.45, 7) is -0.0557. The smallest absolute Gasteiger partial charge is 0.340 e. The first kappa shape index (κ1) is 19.7. The molecule has 0 bridgehead atoms. The van der Waals surface area contributed by atoms with Crippen molar-refractivity contribution in [1.82, 2.24) is 19.1 Å². The van der Waals surface area contributed by atoms with E-state index < -0.39 is 32.3 Å². The fraction of sp³-hybridized carbons (Fsp3) is 0.438. The van der Waals surface area contributed by atoms with Gasteiger partial charge in [0.2, 0.25) is 10.0 Å². The second-order valence-electron chi connectivity index (χ2n) is 6.32. The number of methoxy groups -OCH3 is 1. The summed E-state index contributed by atoms with van der Waals surface area (Å²) in [6.07, 6.45) is 2.09. The first-order valence-electron chi connectivity index (χ1n) is 8.08. The van der Waals surface area contributed by atoms with E-state index in [2.05, 4.69) is 14.9 Å². The molecule has 2 aromatic rings. The van der Waals surface area contributed by atoms with Crippen molar-refractivity contribution in [3.05, 3.63) is 40.2 Å². The summed E-state index contributed by atoms with van der Waals surface area (Å²) in [5.41, 5.74) is -0.511. The standard InChI is InChI=1S/C16H18ClFN4O4S/c1-21(8-14-19-20-15(22(14)2)9-4-5-9)27(24,25)13-6-10(16(23)26-3)12(18)7-11(13)17/h6-7,9H,4-5,8H2,1-3H3. The first-order valence-corrected chi connectivity index (χ1v) is 9.90. The van der Waals surface area contributed by atoms with Crippen LogP contribution >= 0.6 is 11.6 Å². The highest BCUT2D eigenvalue weighted by molar-refractivity contribution is 7.89. The Hall–Kier alpha value is -2.04. The summed E-state index contributed by atoms with van der Waals surface area (Å²) in [5, 5.41) is 7.85. The molecule has 0 amide bonds. The summed E-state index contributed by atoms with van der Waals surface area (Å²) in [4.78, 5) is 11.3. The van der Waals surface area contributed by atoms with Crippen LogP contribution in [0.4, 0.5) is 4.39 Å². The number of halogens is 2. The molecule has 1 aliphatic carbocycles. The number of rotatable bonds is 6. The summed E-state index contributed by atoms with van der Waals surface area (Å²) in [6, 6.07) is 1.66. The molecule has 0 atom stereocenters. The van der Waals surface area contributed by atoms with Crippen LogP contribution in [0.5, 0.6) is 0 Å². The third-order valence-corrected chi connectivity index (χ3v) is 6.69. The van der Waals surface area contributed by atoms with Crippen molar-refractivity contribution >= 4 is 27.6 Å². The highest BCUT2D eigenvalue weighted by Crippen LogP contribution is 2.39. The number of ether oxygens (including phenoxy) is 1. The van der Waals surface area contributed by atoms with Crippen LogP contribution in [0.15, 0.2) is 17.0 Å². The van der Waals surface area contributed by atoms with Crippen molar-refractivity contribution in [1.29, 1.82) is 0 Å². The van der Waals surface area contributed by atoms with Gasteiger partial charge in [-0.2, -0.15) is 4.31 Å². The SMILES string of the molecule is COC(=O)c1cc(S(=O)(=O)N(C)Cc2nnc(C3CC3)n2C)c(Cl)cc1F. The molecule has 11 heteroatoms. The fourth-order valence-electron chi connectivity index (χ4n) is 2.66. The van der Waals surface area contributed by atoms with E-state index in [1.165, 1.54) is 7.05 Å². The zero-order valence-electron chi connectivity index (χ0n) is 14.9. The van der Waals surface area contributed by atoms with Gasteiger partial charge in [-0.05, 0) is 25.0 Å². The maximum Gasteiger partial charge on any atom is 0.340 e. The van der Waals surface area contributed by atoms with Crippen LogP contribution in [0.3, 0.4) is 0 Å². The first-order chi connectivity index (χ1) is 12.7. The van der Waals surface area contributed by atoms with E-state index in [0.717, 1.165) is 42.2 Å². The molecule has 1 aromatic carbocycles. The van der Waals surface area contributed by atoms with E-state index in [1.807, 2.05) is 0 Å². The average molecular weight is 417 g/mol. The Balaban J connectivity index is 1.92. The molecular formula is C16H18ClFN4O4S. The lowest BCUT2D eigenvalue weighted by molar-refractivity contribution is 0.0595. The van der Waals surface area contributed by atoms with E-state index in [4.69, 9.17) is 11.6 Å². The van der Waals surface area contributed by atoms with Gasteiger partial charge in [0.25, 0.3) is 0 Å². The third kappa shape index (κ3) is 3.69. The lowest BCUT2D eigenvalue weighted by atomic mass is 10.2. The second kappa shape index (κ2) is 7.17. The van der Waals surface area contributed by atoms with E-state index in [1.54, 1.807) is 11.6 Å². The zero-order chi connectivity index (χ0) is 19.9. The molecule has 146 valence electrons. The number of carbonyl (C=O) groups is 1. The highest BCUT2D eigenvalue weighted by Gasteiger charge is 2.31. The lowest BCUT2D eigenvalue weighted by Crippen LogP contribution is -2.28. The maximum atomic E-state index is 13.9. The van der Waals surface area contributed by atoms with E-state index in [0.29, 0.717) is 11.7 Å². The monoisotopic (exact) mass is 416 g/mol. The van der Waals surface area contributed by atoms with Gasteiger partial charge in [0.15, 0.2) is 0 Å². The minimum absolute atomic E-state index is 0.0557. The van der Waals surface area contributed by atoms with Crippen molar-refractivity contribution in [2.75, 3.05) is 14.2 Å². The average Bonchev–Trinajstić information content (AvgIpc) is 3.39. The number of aromatic nitrogens is 3. The van der Waals surface area contributed by atoms with Crippen LogP contribution < -0.4 is 0 Å². The topological polar surface area (TPSA) is 94.4 Å². The molecule has 0 spiro atoms. The molecule has 8 nitrogen and oxygen atoms in total. The molecule has 1 heterocycles.